The fraction of sp³-hybridized carbons (Fsp3) is 0.636. The van der Waals surface area contributed by atoms with Gasteiger partial charge in [-0.05, 0) is 31.6 Å². The maximum absolute atomic E-state index is 5.54. The van der Waals surface area contributed by atoms with E-state index in [9.17, 15) is 0 Å². The zero-order chi connectivity index (χ0) is 10.8. The van der Waals surface area contributed by atoms with Gasteiger partial charge in [0.25, 0.3) is 0 Å². The van der Waals surface area contributed by atoms with Crippen LogP contribution in [-0.2, 0) is 0 Å². The summed E-state index contributed by atoms with van der Waals surface area (Å²) in [6.07, 6.45) is 4.52. The number of nitrogen functional groups attached to an aromatic ring is 1. The summed E-state index contributed by atoms with van der Waals surface area (Å²) >= 11 is 0. The quantitative estimate of drug-likeness (QED) is 0.788. The Morgan fingerprint density at radius 2 is 2.33 bits per heavy atom. The number of aromatic nitrogens is 2. The van der Waals surface area contributed by atoms with E-state index in [0.717, 1.165) is 29.8 Å². The summed E-state index contributed by atoms with van der Waals surface area (Å²) in [7, 11) is 0. The highest BCUT2D eigenvalue weighted by molar-refractivity contribution is 5.45. The van der Waals surface area contributed by atoms with Gasteiger partial charge in [0.15, 0.2) is 0 Å². The van der Waals surface area contributed by atoms with Crippen LogP contribution in [0.25, 0.3) is 0 Å². The molecule has 1 aromatic rings. The molecule has 2 rings (SSSR count). The summed E-state index contributed by atoms with van der Waals surface area (Å²) in [6.45, 7) is 5.25. The number of hydrogen-bond donors (Lipinski definition) is 2. The summed E-state index contributed by atoms with van der Waals surface area (Å²) in [6, 6.07) is 0. The third-order valence-corrected chi connectivity index (χ3v) is 3.01. The molecule has 3 N–H and O–H groups in total. The molecular weight excluding hydrogens is 188 g/mol. The molecule has 1 fully saturated rings. The van der Waals surface area contributed by atoms with Crippen molar-refractivity contribution in [2.24, 2.45) is 11.8 Å². The Hall–Kier alpha value is -1.32. The molecule has 1 aliphatic carbocycles. The van der Waals surface area contributed by atoms with Gasteiger partial charge in [0.05, 0.1) is 0 Å². The van der Waals surface area contributed by atoms with Crippen LogP contribution in [0.5, 0.6) is 0 Å². The van der Waals surface area contributed by atoms with Gasteiger partial charge in [-0.2, -0.15) is 4.98 Å². The van der Waals surface area contributed by atoms with Crippen LogP contribution in [0.2, 0.25) is 0 Å². The van der Waals surface area contributed by atoms with Crippen molar-refractivity contribution in [1.82, 2.24) is 9.97 Å². The fourth-order valence-electron chi connectivity index (χ4n) is 1.72. The minimum absolute atomic E-state index is 0.335. The van der Waals surface area contributed by atoms with Gasteiger partial charge in [-0.25, -0.2) is 4.98 Å². The van der Waals surface area contributed by atoms with Crippen molar-refractivity contribution in [2.75, 3.05) is 17.6 Å². The first kappa shape index (κ1) is 10.2. The van der Waals surface area contributed by atoms with Crippen LogP contribution in [0.3, 0.4) is 0 Å². The largest absolute Gasteiger partial charge is 0.369 e. The maximum atomic E-state index is 5.54. The van der Waals surface area contributed by atoms with Crippen LogP contribution in [0, 0.1) is 18.8 Å². The molecule has 1 heterocycles. The van der Waals surface area contributed by atoms with E-state index in [1.807, 2.05) is 6.92 Å². The van der Waals surface area contributed by atoms with Crippen molar-refractivity contribution >= 4 is 11.8 Å². The Morgan fingerprint density at radius 3 is 3.00 bits per heavy atom. The van der Waals surface area contributed by atoms with Gasteiger partial charge in [-0.3, -0.25) is 0 Å². The van der Waals surface area contributed by atoms with Gasteiger partial charge < -0.3 is 11.1 Å². The minimum Gasteiger partial charge on any atom is -0.369 e. The van der Waals surface area contributed by atoms with Crippen molar-refractivity contribution in [2.45, 2.75) is 26.7 Å². The Bertz CT molecular complexity index is 346. The van der Waals surface area contributed by atoms with Gasteiger partial charge in [-0.15, -0.1) is 0 Å². The topological polar surface area (TPSA) is 63.8 Å². The lowest BCUT2D eigenvalue weighted by molar-refractivity contribution is 0.536. The number of nitrogens with one attached hydrogen (secondary N) is 1. The molecule has 0 aromatic carbocycles. The zero-order valence-electron chi connectivity index (χ0n) is 9.33. The Labute approximate surface area is 90.3 Å². The third kappa shape index (κ3) is 2.58. The van der Waals surface area contributed by atoms with Crippen LogP contribution in [0.15, 0.2) is 6.20 Å². The maximum Gasteiger partial charge on any atom is 0.221 e. The second-order valence-corrected chi connectivity index (χ2v) is 4.46. The first-order valence-electron chi connectivity index (χ1n) is 5.50. The number of nitrogens with two attached hydrogens (primary N) is 1. The molecule has 1 atom stereocenters. The highest BCUT2D eigenvalue weighted by Gasteiger charge is 2.27. The van der Waals surface area contributed by atoms with E-state index in [2.05, 4.69) is 22.2 Å². The lowest BCUT2D eigenvalue weighted by Gasteiger charge is -2.13. The molecular formula is C11H18N4. The van der Waals surface area contributed by atoms with Crippen molar-refractivity contribution in [3.8, 4) is 0 Å². The first-order chi connectivity index (χ1) is 7.16. The lowest BCUT2D eigenvalue weighted by Crippen LogP contribution is -2.15. The van der Waals surface area contributed by atoms with E-state index in [1.165, 1.54) is 12.8 Å². The van der Waals surface area contributed by atoms with Gasteiger partial charge in [-0.1, -0.05) is 6.92 Å². The molecule has 0 radical (unpaired) electrons. The number of hydrogen-bond acceptors (Lipinski definition) is 4. The summed E-state index contributed by atoms with van der Waals surface area (Å²) in [5, 5.41) is 3.34. The van der Waals surface area contributed by atoms with Gasteiger partial charge in [0.1, 0.15) is 5.82 Å². The average molecular weight is 206 g/mol. The van der Waals surface area contributed by atoms with E-state index < -0.39 is 0 Å². The van der Waals surface area contributed by atoms with E-state index in [1.54, 1.807) is 6.20 Å². The molecule has 1 aliphatic rings. The monoisotopic (exact) mass is 206 g/mol. The number of nitrogens with zero attached hydrogens (tertiary/aromatic N) is 2. The second kappa shape index (κ2) is 4.04. The Balaban J connectivity index is 1.94. The number of rotatable bonds is 4. The van der Waals surface area contributed by atoms with Crippen LogP contribution in [0.4, 0.5) is 11.8 Å². The molecule has 0 bridgehead atoms. The highest BCUT2D eigenvalue weighted by Crippen LogP contribution is 2.36. The summed E-state index contributed by atoms with van der Waals surface area (Å²) in [5.41, 5.74) is 6.59. The molecule has 0 saturated heterocycles. The molecule has 1 aromatic heterocycles. The Kier molecular flexibility index (Phi) is 2.75. The predicted molar refractivity (Wildman–Crippen MR) is 61.6 cm³/mol. The zero-order valence-corrected chi connectivity index (χ0v) is 9.33. The number of anilines is 2. The third-order valence-electron chi connectivity index (χ3n) is 3.01. The average Bonchev–Trinajstić information content (AvgIpc) is 3.02. The molecule has 1 unspecified atom stereocenters. The van der Waals surface area contributed by atoms with Crippen molar-refractivity contribution in [3.63, 3.8) is 0 Å². The van der Waals surface area contributed by atoms with Crippen LogP contribution >= 0.6 is 0 Å². The van der Waals surface area contributed by atoms with Crippen LogP contribution < -0.4 is 11.1 Å². The lowest BCUT2D eigenvalue weighted by atomic mass is 10.1. The summed E-state index contributed by atoms with van der Waals surface area (Å²) < 4.78 is 0. The van der Waals surface area contributed by atoms with Crippen molar-refractivity contribution in [1.29, 1.82) is 0 Å². The molecule has 0 spiro atoms. The Morgan fingerprint density at radius 1 is 1.60 bits per heavy atom. The smallest absolute Gasteiger partial charge is 0.221 e. The summed E-state index contributed by atoms with van der Waals surface area (Å²) in [5.74, 6) is 2.84. The molecule has 4 heteroatoms. The SMILES string of the molecule is Cc1cnc(N)nc1NCC(C)C1CC1. The molecule has 1 saturated carbocycles. The fourth-order valence-corrected chi connectivity index (χ4v) is 1.72. The molecule has 15 heavy (non-hydrogen) atoms. The predicted octanol–water partition coefficient (Wildman–Crippen LogP) is 1.83. The van der Waals surface area contributed by atoms with E-state index in [4.69, 9.17) is 5.73 Å². The molecule has 4 nitrogen and oxygen atoms in total. The minimum atomic E-state index is 0.335. The standard InChI is InChI=1S/C11H18N4/c1-7(9-3-4-9)5-13-10-8(2)6-14-11(12)15-10/h6-7,9H,3-5H2,1-2H3,(H3,12,13,14,15). The van der Waals surface area contributed by atoms with Gasteiger partial charge >= 0.3 is 0 Å². The molecule has 82 valence electrons. The van der Waals surface area contributed by atoms with Crippen LogP contribution in [-0.4, -0.2) is 16.5 Å². The van der Waals surface area contributed by atoms with E-state index >= 15 is 0 Å². The second-order valence-electron chi connectivity index (χ2n) is 4.46. The van der Waals surface area contributed by atoms with Crippen molar-refractivity contribution < 1.29 is 0 Å². The normalized spacial score (nSPS) is 17.5. The highest BCUT2D eigenvalue weighted by atomic mass is 15.1. The van der Waals surface area contributed by atoms with Crippen LogP contribution in [0.1, 0.15) is 25.3 Å². The van der Waals surface area contributed by atoms with Crippen molar-refractivity contribution in [3.05, 3.63) is 11.8 Å². The van der Waals surface area contributed by atoms with Gasteiger partial charge in [0.2, 0.25) is 5.95 Å². The van der Waals surface area contributed by atoms with Gasteiger partial charge in [0, 0.05) is 18.3 Å². The summed E-state index contributed by atoms with van der Waals surface area (Å²) in [4.78, 5) is 8.12. The molecule has 0 amide bonds. The van der Waals surface area contributed by atoms with E-state index in [-0.39, 0.29) is 0 Å². The molecule has 0 aliphatic heterocycles. The number of aryl methyl sites for hydroxylation is 1. The van der Waals surface area contributed by atoms with E-state index in [0.29, 0.717) is 5.95 Å². The first-order valence-corrected chi connectivity index (χ1v) is 5.50.